The van der Waals surface area contributed by atoms with Gasteiger partial charge in [-0.05, 0) is 0 Å². The normalized spacial score (nSPS) is 12.6. The first-order chi connectivity index (χ1) is 6.52. The predicted octanol–water partition coefficient (Wildman–Crippen LogP) is 2.15. The average Bonchev–Trinajstić information content (AvgIpc) is 2.58. The van der Waals surface area contributed by atoms with Gasteiger partial charge in [0.05, 0.1) is 5.69 Å². The van der Waals surface area contributed by atoms with E-state index in [1.165, 1.54) is 0 Å². The van der Waals surface area contributed by atoms with Gasteiger partial charge in [0.2, 0.25) is 0 Å². The minimum Gasteiger partial charge on any atom is -0.325 e. The maximum Gasteiger partial charge on any atom is 0.194 e. The van der Waals surface area contributed by atoms with Crippen LogP contribution in [0.5, 0.6) is 0 Å². The Bertz CT molecular complexity index is 447. The second-order valence-corrected chi connectivity index (χ2v) is 5.30. The number of nitrogens with two attached hydrogens (primary N) is 1. The number of fused-ring (bicyclic) bond motifs is 1. The van der Waals surface area contributed by atoms with E-state index in [4.69, 9.17) is 5.73 Å². The molecule has 0 amide bonds. The number of hydrogen-bond donors (Lipinski definition) is 1. The lowest BCUT2D eigenvalue weighted by molar-refractivity contribution is 0.573. The van der Waals surface area contributed by atoms with Crippen LogP contribution >= 0.6 is 11.3 Å². The minimum absolute atomic E-state index is 0.109. The van der Waals surface area contributed by atoms with Crippen LogP contribution in [-0.4, -0.2) is 9.38 Å². The minimum atomic E-state index is 0.109. The van der Waals surface area contributed by atoms with E-state index < -0.39 is 0 Å². The lowest BCUT2D eigenvalue weighted by atomic mass is 9.93. The summed E-state index contributed by atoms with van der Waals surface area (Å²) in [6.07, 6.45) is 2.09. The smallest absolute Gasteiger partial charge is 0.194 e. The molecule has 0 radical (unpaired) electrons. The van der Waals surface area contributed by atoms with E-state index in [1.54, 1.807) is 11.3 Å². The van der Waals surface area contributed by atoms with Crippen molar-refractivity contribution in [3.8, 4) is 0 Å². The van der Waals surface area contributed by atoms with E-state index >= 15 is 0 Å². The molecule has 0 fully saturated rings. The number of thiazole rings is 1. The van der Waals surface area contributed by atoms with E-state index in [0.717, 1.165) is 16.3 Å². The molecule has 0 unspecified atom stereocenters. The van der Waals surface area contributed by atoms with Crippen LogP contribution < -0.4 is 5.73 Å². The number of hydrogen-bond acceptors (Lipinski definition) is 3. The molecule has 76 valence electrons. The van der Waals surface area contributed by atoms with Gasteiger partial charge in [-0.15, -0.1) is 11.3 Å². The Kier molecular flexibility index (Phi) is 2.12. The van der Waals surface area contributed by atoms with Gasteiger partial charge in [0.25, 0.3) is 0 Å². The highest BCUT2D eigenvalue weighted by Gasteiger charge is 2.18. The third-order valence-electron chi connectivity index (χ3n) is 2.26. The van der Waals surface area contributed by atoms with Crippen molar-refractivity contribution in [1.29, 1.82) is 0 Å². The van der Waals surface area contributed by atoms with Crippen LogP contribution in [0.4, 0.5) is 0 Å². The summed E-state index contributed by atoms with van der Waals surface area (Å²) >= 11 is 1.65. The standard InChI is InChI=1S/C10H15N3S/c1-10(2,3)8-5-13-7(4-11)6-14-9(13)12-8/h5-6H,4,11H2,1-3H3. The summed E-state index contributed by atoms with van der Waals surface area (Å²) in [5, 5.41) is 2.06. The molecule has 0 aliphatic carbocycles. The van der Waals surface area contributed by atoms with Gasteiger partial charge < -0.3 is 5.73 Å². The van der Waals surface area contributed by atoms with Crippen LogP contribution in [0, 0.1) is 0 Å². The lowest BCUT2D eigenvalue weighted by Crippen LogP contribution is -2.11. The molecule has 3 nitrogen and oxygen atoms in total. The molecule has 0 aliphatic heterocycles. The molecule has 2 N–H and O–H groups in total. The van der Waals surface area contributed by atoms with Gasteiger partial charge in [-0.2, -0.15) is 0 Å². The molecular weight excluding hydrogens is 194 g/mol. The summed E-state index contributed by atoms with van der Waals surface area (Å²) in [6.45, 7) is 7.07. The van der Waals surface area contributed by atoms with Crippen molar-refractivity contribution < 1.29 is 0 Å². The van der Waals surface area contributed by atoms with Crippen LogP contribution in [0.15, 0.2) is 11.6 Å². The fourth-order valence-corrected chi connectivity index (χ4v) is 2.22. The molecule has 2 rings (SSSR count). The Labute approximate surface area is 87.6 Å². The Morgan fingerprint density at radius 3 is 2.79 bits per heavy atom. The molecule has 2 heterocycles. The molecule has 2 aromatic rings. The molecule has 0 saturated heterocycles. The molecule has 4 heteroatoms. The summed E-state index contributed by atoms with van der Waals surface area (Å²) in [5.74, 6) is 0. The van der Waals surface area contributed by atoms with Crippen LogP contribution in [0.2, 0.25) is 0 Å². The summed E-state index contributed by atoms with van der Waals surface area (Å²) in [4.78, 5) is 5.62. The van der Waals surface area contributed by atoms with Crippen molar-refractivity contribution in [2.24, 2.45) is 5.73 Å². The van der Waals surface area contributed by atoms with Gasteiger partial charge >= 0.3 is 0 Å². The van der Waals surface area contributed by atoms with Crippen molar-refractivity contribution in [3.05, 3.63) is 23.0 Å². The number of nitrogens with zero attached hydrogens (tertiary/aromatic N) is 2. The molecular formula is C10H15N3S. The first-order valence-electron chi connectivity index (χ1n) is 4.68. The maximum atomic E-state index is 5.64. The van der Waals surface area contributed by atoms with Crippen LogP contribution in [0.25, 0.3) is 4.96 Å². The van der Waals surface area contributed by atoms with Gasteiger partial charge in [-0.25, -0.2) is 4.98 Å². The average molecular weight is 209 g/mol. The van der Waals surface area contributed by atoms with Crippen LogP contribution in [0.3, 0.4) is 0 Å². The third kappa shape index (κ3) is 1.44. The summed E-state index contributed by atoms with van der Waals surface area (Å²) in [5.41, 5.74) is 8.00. The first-order valence-corrected chi connectivity index (χ1v) is 5.56. The highest BCUT2D eigenvalue weighted by Crippen LogP contribution is 2.24. The highest BCUT2D eigenvalue weighted by molar-refractivity contribution is 7.15. The van der Waals surface area contributed by atoms with E-state index in [0.29, 0.717) is 6.54 Å². The molecule has 2 aromatic heterocycles. The molecule has 0 spiro atoms. The van der Waals surface area contributed by atoms with E-state index in [1.807, 2.05) is 0 Å². The molecule has 0 saturated carbocycles. The third-order valence-corrected chi connectivity index (χ3v) is 3.15. The van der Waals surface area contributed by atoms with Crippen LogP contribution in [-0.2, 0) is 12.0 Å². The quantitative estimate of drug-likeness (QED) is 0.782. The second-order valence-electron chi connectivity index (χ2n) is 4.46. The van der Waals surface area contributed by atoms with Crippen molar-refractivity contribution in [2.75, 3.05) is 0 Å². The highest BCUT2D eigenvalue weighted by atomic mass is 32.1. The number of rotatable bonds is 1. The Morgan fingerprint density at radius 1 is 1.50 bits per heavy atom. The van der Waals surface area contributed by atoms with E-state index in [9.17, 15) is 0 Å². The summed E-state index contributed by atoms with van der Waals surface area (Å²) in [7, 11) is 0. The Hall–Kier alpha value is -0.870. The predicted molar refractivity (Wildman–Crippen MR) is 59.7 cm³/mol. The monoisotopic (exact) mass is 209 g/mol. The van der Waals surface area contributed by atoms with Gasteiger partial charge in [-0.1, -0.05) is 20.8 Å². The lowest BCUT2D eigenvalue weighted by Gasteiger charge is -2.13. The Morgan fingerprint density at radius 2 is 2.21 bits per heavy atom. The molecule has 0 aliphatic rings. The van der Waals surface area contributed by atoms with Gasteiger partial charge in [-0.3, -0.25) is 4.40 Å². The largest absolute Gasteiger partial charge is 0.325 e. The summed E-state index contributed by atoms with van der Waals surface area (Å²) in [6, 6.07) is 0. The van der Waals surface area contributed by atoms with E-state index in [2.05, 4.69) is 41.7 Å². The SMILES string of the molecule is CC(C)(C)c1cn2c(CN)csc2n1. The van der Waals surface area contributed by atoms with Crippen molar-refractivity contribution in [2.45, 2.75) is 32.7 Å². The van der Waals surface area contributed by atoms with Crippen molar-refractivity contribution in [3.63, 3.8) is 0 Å². The zero-order valence-electron chi connectivity index (χ0n) is 8.74. The number of imidazole rings is 1. The van der Waals surface area contributed by atoms with E-state index in [-0.39, 0.29) is 5.41 Å². The number of aromatic nitrogens is 2. The van der Waals surface area contributed by atoms with Gasteiger partial charge in [0.15, 0.2) is 4.96 Å². The molecule has 0 aromatic carbocycles. The van der Waals surface area contributed by atoms with Gasteiger partial charge in [0.1, 0.15) is 0 Å². The van der Waals surface area contributed by atoms with Crippen LogP contribution in [0.1, 0.15) is 32.2 Å². The van der Waals surface area contributed by atoms with Crippen molar-refractivity contribution >= 4 is 16.3 Å². The fraction of sp³-hybridized carbons (Fsp3) is 0.500. The molecule has 0 atom stereocenters. The zero-order valence-corrected chi connectivity index (χ0v) is 9.56. The topological polar surface area (TPSA) is 43.3 Å². The fourth-order valence-electron chi connectivity index (χ4n) is 1.34. The van der Waals surface area contributed by atoms with Gasteiger partial charge in [0, 0.05) is 29.2 Å². The zero-order chi connectivity index (χ0) is 10.3. The summed E-state index contributed by atoms with van der Waals surface area (Å²) < 4.78 is 2.09. The maximum absolute atomic E-state index is 5.64. The molecule has 14 heavy (non-hydrogen) atoms. The molecule has 0 bridgehead atoms. The van der Waals surface area contributed by atoms with Crippen molar-refractivity contribution in [1.82, 2.24) is 9.38 Å². The first kappa shape index (κ1) is 9.68. The second kappa shape index (κ2) is 3.07. The Balaban J connectivity index is 2.58.